The Balaban J connectivity index is 1.69. The van der Waals surface area contributed by atoms with Gasteiger partial charge in [0.2, 0.25) is 0 Å². The van der Waals surface area contributed by atoms with Gasteiger partial charge in [-0.2, -0.15) is 5.26 Å². The molecule has 0 aromatic heterocycles. The van der Waals surface area contributed by atoms with E-state index < -0.39 is 0 Å². The van der Waals surface area contributed by atoms with Crippen LogP contribution in [0, 0.1) is 23.2 Å². The van der Waals surface area contributed by atoms with E-state index in [1.165, 1.54) is 5.56 Å². The molecule has 1 aliphatic heterocycles. The molecule has 1 aromatic rings. The number of hydrogen-bond donors (Lipinski definition) is 0. The molecule has 1 aliphatic rings. The molecule has 0 aliphatic carbocycles. The highest BCUT2D eigenvalue weighted by atomic mass is 16.6. The van der Waals surface area contributed by atoms with E-state index in [2.05, 4.69) is 25.1 Å². The number of carbonyl (C=O) groups is 1. The first-order chi connectivity index (χ1) is 10.2. The topological polar surface area (TPSA) is 53.3 Å². The van der Waals surface area contributed by atoms with Crippen molar-refractivity contribution in [3.63, 3.8) is 0 Å². The van der Waals surface area contributed by atoms with Crippen LogP contribution in [0.1, 0.15) is 25.3 Å². The Morgan fingerprint density at radius 3 is 2.90 bits per heavy atom. The number of nitriles is 1. The van der Waals surface area contributed by atoms with Gasteiger partial charge < -0.3 is 9.64 Å². The van der Waals surface area contributed by atoms with Gasteiger partial charge in [0.05, 0.1) is 18.6 Å². The van der Waals surface area contributed by atoms with Gasteiger partial charge in [-0.25, -0.2) is 4.79 Å². The monoisotopic (exact) mass is 286 g/mol. The summed E-state index contributed by atoms with van der Waals surface area (Å²) < 4.78 is 5.31. The molecule has 0 spiro atoms. The molecule has 0 N–H and O–H groups in total. The molecule has 1 amide bonds. The van der Waals surface area contributed by atoms with Crippen molar-refractivity contribution < 1.29 is 9.53 Å². The first-order valence-electron chi connectivity index (χ1n) is 7.56. The van der Waals surface area contributed by atoms with Crippen LogP contribution in [-0.2, 0) is 11.2 Å². The maximum absolute atomic E-state index is 12.0. The number of hydrogen-bond acceptors (Lipinski definition) is 3. The molecule has 2 unspecified atom stereocenters. The fourth-order valence-corrected chi connectivity index (χ4v) is 2.57. The van der Waals surface area contributed by atoms with Crippen LogP contribution >= 0.6 is 0 Å². The van der Waals surface area contributed by atoms with Crippen molar-refractivity contribution in [2.24, 2.45) is 11.8 Å². The SMILES string of the molecule is CC1CCN(C(=O)OCCCc2ccccc2)CC1C#N. The number of amides is 1. The molecule has 112 valence electrons. The zero-order valence-electron chi connectivity index (χ0n) is 12.5. The fraction of sp³-hybridized carbons (Fsp3) is 0.529. The smallest absolute Gasteiger partial charge is 0.409 e. The summed E-state index contributed by atoms with van der Waals surface area (Å²) in [7, 11) is 0. The highest BCUT2D eigenvalue weighted by molar-refractivity contribution is 5.67. The Morgan fingerprint density at radius 2 is 2.19 bits per heavy atom. The zero-order valence-corrected chi connectivity index (χ0v) is 12.5. The second kappa shape index (κ2) is 7.68. The molecule has 4 nitrogen and oxygen atoms in total. The molecular formula is C17H22N2O2. The molecule has 0 saturated carbocycles. The Hall–Kier alpha value is -2.02. The number of ether oxygens (including phenoxy) is 1. The van der Waals surface area contributed by atoms with E-state index in [0.717, 1.165) is 19.3 Å². The van der Waals surface area contributed by atoms with Gasteiger partial charge >= 0.3 is 6.09 Å². The summed E-state index contributed by atoms with van der Waals surface area (Å²) in [6.07, 6.45) is 2.32. The first-order valence-corrected chi connectivity index (χ1v) is 7.56. The minimum absolute atomic E-state index is 0.0735. The van der Waals surface area contributed by atoms with Crippen LogP contribution in [0.4, 0.5) is 4.79 Å². The number of benzene rings is 1. The average Bonchev–Trinajstić information content (AvgIpc) is 2.53. The Bertz CT molecular complexity index is 495. The van der Waals surface area contributed by atoms with Gasteiger partial charge in [0, 0.05) is 13.1 Å². The van der Waals surface area contributed by atoms with Crippen LogP contribution in [0.15, 0.2) is 30.3 Å². The molecule has 21 heavy (non-hydrogen) atoms. The van der Waals surface area contributed by atoms with Crippen LogP contribution < -0.4 is 0 Å². The number of nitrogens with zero attached hydrogens (tertiary/aromatic N) is 2. The van der Waals surface area contributed by atoms with Gasteiger partial charge in [-0.05, 0) is 30.7 Å². The number of rotatable bonds is 4. The number of carbonyl (C=O) groups excluding carboxylic acids is 1. The normalized spacial score (nSPS) is 21.6. The van der Waals surface area contributed by atoms with Crippen molar-refractivity contribution in [1.82, 2.24) is 4.90 Å². The van der Waals surface area contributed by atoms with Gasteiger partial charge in [-0.3, -0.25) is 0 Å². The lowest BCUT2D eigenvalue weighted by Gasteiger charge is -2.32. The third kappa shape index (κ3) is 4.49. The lowest BCUT2D eigenvalue weighted by molar-refractivity contribution is 0.0797. The summed E-state index contributed by atoms with van der Waals surface area (Å²) in [6, 6.07) is 12.4. The van der Waals surface area contributed by atoms with Gasteiger partial charge in [0.15, 0.2) is 0 Å². The van der Waals surface area contributed by atoms with Crippen molar-refractivity contribution in [1.29, 1.82) is 5.26 Å². The third-order valence-electron chi connectivity index (χ3n) is 4.06. The van der Waals surface area contributed by atoms with Crippen molar-refractivity contribution in [3.8, 4) is 6.07 Å². The zero-order chi connectivity index (χ0) is 15.1. The second-order valence-electron chi connectivity index (χ2n) is 5.65. The number of likely N-dealkylation sites (tertiary alicyclic amines) is 1. The first kappa shape index (κ1) is 15.4. The van der Waals surface area contributed by atoms with E-state index in [4.69, 9.17) is 10.00 Å². The summed E-state index contributed by atoms with van der Waals surface area (Å²) in [5.41, 5.74) is 1.25. The van der Waals surface area contributed by atoms with Crippen LogP contribution in [0.25, 0.3) is 0 Å². The van der Waals surface area contributed by atoms with Crippen LogP contribution in [0.2, 0.25) is 0 Å². The van der Waals surface area contributed by atoms with E-state index in [-0.39, 0.29) is 12.0 Å². The van der Waals surface area contributed by atoms with E-state index in [9.17, 15) is 4.79 Å². The standard InChI is InChI=1S/C17H22N2O2/c1-14-9-10-19(13-16(14)12-18)17(20)21-11-5-8-15-6-3-2-4-7-15/h2-4,6-7,14,16H,5,8-11,13H2,1H3. The maximum Gasteiger partial charge on any atom is 0.409 e. The summed E-state index contributed by atoms with van der Waals surface area (Å²) in [5, 5.41) is 9.07. The Kier molecular flexibility index (Phi) is 5.62. The molecular weight excluding hydrogens is 264 g/mol. The molecule has 2 rings (SSSR count). The van der Waals surface area contributed by atoms with Crippen molar-refractivity contribution in [2.45, 2.75) is 26.2 Å². The summed E-state index contributed by atoms with van der Waals surface area (Å²) in [6.45, 7) is 3.68. The van der Waals surface area contributed by atoms with Gasteiger partial charge in [-0.1, -0.05) is 37.3 Å². The molecule has 0 radical (unpaired) electrons. The van der Waals surface area contributed by atoms with E-state index in [0.29, 0.717) is 25.6 Å². The largest absolute Gasteiger partial charge is 0.449 e. The molecule has 4 heteroatoms. The molecule has 1 saturated heterocycles. The number of aryl methyl sites for hydroxylation is 1. The average molecular weight is 286 g/mol. The molecule has 1 heterocycles. The maximum atomic E-state index is 12.0. The van der Waals surface area contributed by atoms with Crippen LogP contribution in [-0.4, -0.2) is 30.7 Å². The highest BCUT2D eigenvalue weighted by Crippen LogP contribution is 2.22. The van der Waals surface area contributed by atoms with Gasteiger partial charge in [0.1, 0.15) is 0 Å². The molecule has 2 atom stereocenters. The van der Waals surface area contributed by atoms with Crippen molar-refractivity contribution in [2.75, 3.05) is 19.7 Å². The third-order valence-corrected chi connectivity index (χ3v) is 4.06. The van der Waals surface area contributed by atoms with E-state index in [1.54, 1.807) is 4.90 Å². The minimum atomic E-state index is -0.282. The Labute approximate surface area is 126 Å². The highest BCUT2D eigenvalue weighted by Gasteiger charge is 2.29. The lowest BCUT2D eigenvalue weighted by Crippen LogP contribution is -2.43. The van der Waals surface area contributed by atoms with Crippen LogP contribution in [0.5, 0.6) is 0 Å². The summed E-state index contributed by atoms with van der Waals surface area (Å²) in [5.74, 6) is 0.285. The predicted molar refractivity (Wildman–Crippen MR) is 80.6 cm³/mol. The molecule has 1 fully saturated rings. The quantitative estimate of drug-likeness (QED) is 0.798. The fourth-order valence-electron chi connectivity index (χ4n) is 2.57. The van der Waals surface area contributed by atoms with Crippen molar-refractivity contribution in [3.05, 3.63) is 35.9 Å². The minimum Gasteiger partial charge on any atom is -0.449 e. The van der Waals surface area contributed by atoms with E-state index >= 15 is 0 Å². The summed E-state index contributed by atoms with van der Waals surface area (Å²) >= 11 is 0. The summed E-state index contributed by atoms with van der Waals surface area (Å²) in [4.78, 5) is 13.6. The molecule has 0 bridgehead atoms. The van der Waals surface area contributed by atoms with Gasteiger partial charge in [-0.15, -0.1) is 0 Å². The predicted octanol–water partition coefficient (Wildman–Crippen LogP) is 3.24. The Morgan fingerprint density at radius 1 is 1.43 bits per heavy atom. The van der Waals surface area contributed by atoms with Gasteiger partial charge in [0.25, 0.3) is 0 Å². The molecule has 1 aromatic carbocycles. The number of piperidine rings is 1. The lowest BCUT2D eigenvalue weighted by atomic mass is 9.88. The van der Waals surface area contributed by atoms with Crippen molar-refractivity contribution >= 4 is 6.09 Å². The van der Waals surface area contributed by atoms with Crippen LogP contribution in [0.3, 0.4) is 0 Å². The van der Waals surface area contributed by atoms with E-state index in [1.807, 2.05) is 18.2 Å². The second-order valence-corrected chi connectivity index (χ2v) is 5.65.